The molecular formula is C56H64N2O2Zn. The molecule has 312 valence electrons. The molecule has 0 saturated carbocycles. The normalized spacial score (nSPS) is 13.0. The predicted molar refractivity (Wildman–Crippen MR) is 258 cm³/mol. The van der Waals surface area contributed by atoms with Crippen LogP contribution in [0.2, 0.25) is 0 Å². The molecule has 0 saturated heterocycles. The molecule has 0 fully saturated rings. The maximum atomic E-state index is 11.9. The molecule has 0 unspecified atom stereocenters. The summed E-state index contributed by atoms with van der Waals surface area (Å²) >= 11 is 0. The van der Waals surface area contributed by atoms with Gasteiger partial charge in [0.2, 0.25) is 0 Å². The predicted octanol–water partition coefficient (Wildman–Crippen LogP) is 15.6. The largest absolute Gasteiger partial charge is 0.507 e. The summed E-state index contributed by atoms with van der Waals surface area (Å²) in [5, 5.41) is 23.8. The van der Waals surface area contributed by atoms with Crippen molar-refractivity contribution in [3.63, 3.8) is 0 Å². The fourth-order valence-electron chi connectivity index (χ4n) is 7.64. The molecule has 2 N–H and O–H groups in total. The van der Waals surface area contributed by atoms with Gasteiger partial charge in [0.25, 0.3) is 0 Å². The summed E-state index contributed by atoms with van der Waals surface area (Å²) in [5.41, 5.74) is 13.7. The van der Waals surface area contributed by atoms with Crippen LogP contribution in [0.25, 0.3) is 33.4 Å². The van der Waals surface area contributed by atoms with Gasteiger partial charge in [-0.25, -0.2) is 0 Å². The van der Waals surface area contributed by atoms with E-state index in [1.807, 2.05) is 26.0 Å². The van der Waals surface area contributed by atoms with Gasteiger partial charge in [0.15, 0.2) is 0 Å². The quantitative estimate of drug-likeness (QED) is 0.124. The van der Waals surface area contributed by atoms with E-state index >= 15 is 0 Å². The van der Waals surface area contributed by atoms with Crippen LogP contribution in [0.1, 0.15) is 130 Å². The molecule has 0 heterocycles. The topological polar surface area (TPSA) is 65.2 Å². The Labute approximate surface area is 378 Å². The second-order valence-electron chi connectivity index (χ2n) is 20.4. The van der Waals surface area contributed by atoms with Crippen LogP contribution in [0.15, 0.2) is 131 Å². The van der Waals surface area contributed by atoms with Gasteiger partial charge in [-0.2, -0.15) is 0 Å². The minimum absolute atomic E-state index is 0. The van der Waals surface area contributed by atoms with E-state index in [1.165, 1.54) is 0 Å². The Morgan fingerprint density at radius 1 is 0.393 bits per heavy atom. The molecule has 0 atom stereocenters. The van der Waals surface area contributed by atoms with Gasteiger partial charge in [-0.3, -0.25) is 9.98 Å². The van der Waals surface area contributed by atoms with Crippen LogP contribution in [0, 0.1) is 0 Å². The first-order valence-electron chi connectivity index (χ1n) is 21.2. The Balaban J connectivity index is 0.00000704. The molecule has 6 aromatic rings. The monoisotopic (exact) mass is 860 g/mol. The van der Waals surface area contributed by atoms with Gasteiger partial charge in [-0.1, -0.05) is 180 Å². The van der Waals surface area contributed by atoms with E-state index in [9.17, 15) is 10.2 Å². The molecule has 0 radical (unpaired) electrons. The van der Waals surface area contributed by atoms with Crippen LogP contribution in [-0.2, 0) is 41.1 Å². The van der Waals surface area contributed by atoms with Crippen molar-refractivity contribution >= 4 is 22.8 Å². The van der Waals surface area contributed by atoms with Gasteiger partial charge in [-0.15, -0.1) is 0 Å². The Hall–Kier alpha value is -5.12. The zero-order chi connectivity index (χ0) is 43.9. The Morgan fingerprint density at radius 2 is 0.721 bits per heavy atom. The third kappa shape index (κ3) is 10.5. The molecule has 61 heavy (non-hydrogen) atoms. The summed E-state index contributed by atoms with van der Waals surface area (Å²) in [6.07, 6.45) is 0. The molecule has 0 amide bonds. The van der Waals surface area contributed by atoms with E-state index in [-0.39, 0.29) is 52.6 Å². The molecule has 6 aromatic carbocycles. The summed E-state index contributed by atoms with van der Waals surface area (Å²) in [5.74, 6) is 0.523. The number of phenols is 2. The smallest absolute Gasteiger partial charge is 0.128 e. The second kappa shape index (κ2) is 17.7. The van der Waals surface area contributed by atoms with Crippen LogP contribution in [-0.4, -0.2) is 21.6 Å². The third-order valence-electron chi connectivity index (χ3n) is 11.4. The van der Waals surface area contributed by atoms with Crippen molar-refractivity contribution in [1.29, 1.82) is 0 Å². The maximum Gasteiger partial charge on any atom is 0.128 e. The third-order valence-corrected chi connectivity index (χ3v) is 11.4. The van der Waals surface area contributed by atoms with Crippen LogP contribution in [0.4, 0.5) is 11.4 Å². The molecule has 0 aromatic heterocycles. The summed E-state index contributed by atoms with van der Waals surface area (Å²) < 4.78 is 0. The fraction of sp³-hybridized carbons (Fsp3) is 0.321. The first kappa shape index (κ1) is 46.9. The number of phenolic OH excluding ortho intramolecular Hbond substituents is 2. The zero-order valence-corrected chi connectivity index (χ0v) is 42.0. The fourth-order valence-corrected chi connectivity index (χ4v) is 7.64. The van der Waals surface area contributed by atoms with Crippen LogP contribution in [0.3, 0.4) is 0 Å². The van der Waals surface area contributed by atoms with E-state index in [2.05, 4.69) is 192 Å². The van der Waals surface area contributed by atoms with Gasteiger partial charge >= 0.3 is 0 Å². The summed E-state index contributed by atoms with van der Waals surface area (Å²) in [7, 11) is 0. The molecule has 5 heteroatoms. The van der Waals surface area contributed by atoms with Crippen molar-refractivity contribution in [1.82, 2.24) is 0 Å². The standard InChI is InChI=1S/C56H64N2O2.Zn/c1-35(45-31-41(53(3,4)5)33-47(51(45)59)55(9,10)11)57-49-29-39(37-21-17-15-18-22-37)25-27-43(49)44-28-26-40(38-23-19-16-20-24-38)30-50(44)58-36(2)46-32-42(54(6,7)8)34-48(52(46)60)56(12,13)14;/h15-34,59-60H,1-14H3;. The molecule has 0 aliphatic heterocycles. The maximum absolute atomic E-state index is 11.9. The molecule has 0 aliphatic rings. The minimum Gasteiger partial charge on any atom is -0.507 e. The average Bonchev–Trinajstić information content (AvgIpc) is 3.17. The van der Waals surface area contributed by atoms with Gasteiger partial charge in [-0.05, 0) is 93.2 Å². The number of benzene rings is 6. The molecule has 6 rings (SSSR count). The van der Waals surface area contributed by atoms with Gasteiger partial charge in [0.05, 0.1) is 11.4 Å². The number of nitrogens with zero attached hydrogens (tertiary/aromatic N) is 2. The van der Waals surface area contributed by atoms with Crippen molar-refractivity contribution < 1.29 is 29.7 Å². The van der Waals surface area contributed by atoms with E-state index in [0.717, 1.165) is 89.6 Å². The molecule has 0 bridgehead atoms. The molecule has 0 aliphatic carbocycles. The number of aromatic hydroxyl groups is 2. The zero-order valence-electron chi connectivity index (χ0n) is 39.0. The summed E-state index contributed by atoms with van der Waals surface area (Å²) in [4.78, 5) is 10.8. The van der Waals surface area contributed by atoms with E-state index in [4.69, 9.17) is 9.98 Å². The molecule has 4 nitrogen and oxygen atoms in total. The first-order chi connectivity index (χ1) is 27.9. The molecule has 0 spiro atoms. The van der Waals surface area contributed by atoms with Crippen molar-refractivity contribution in [2.75, 3.05) is 0 Å². The van der Waals surface area contributed by atoms with Crippen molar-refractivity contribution in [3.8, 4) is 44.9 Å². The van der Waals surface area contributed by atoms with E-state index < -0.39 is 0 Å². The second-order valence-corrected chi connectivity index (χ2v) is 20.4. The van der Waals surface area contributed by atoms with Crippen LogP contribution < -0.4 is 0 Å². The summed E-state index contributed by atoms with van der Waals surface area (Å²) in [6.45, 7) is 30.0. The number of hydrogen-bond acceptors (Lipinski definition) is 4. The van der Waals surface area contributed by atoms with Crippen LogP contribution in [0.5, 0.6) is 11.5 Å². The Morgan fingerprint density at radius 3 is 1.02 bits per heavy atom. The SMILES string of the molecule is CC(=Nc1cc(-c2ccccc2)ccc1-c1ccc(-c2ccccc2)cc1N=C(C)c1cc(C(C)(C)C)cc(C(C)(C)C)c1O)c1cc(C(C)(C)C)cc(C(C)(C)C)c1O.[Zn]. The Kier molecular flexibility index (Phi) is 13.6. The Bertz CT molecular complexity index is 2410. The van der Waals surface area contributed by atoms with Crippen molar-refractivity contribution in [2.24, 2.45) is 9.98 Å². The molecular weight excluding hydrogens is 798 g/mol. The number of hydrogen-bond donors (Lipinski definition) is 2. The number of rotatable bonds is 7. The van der Waals surface area contributed by atoms with E-state index in [0.29, 0.717) is 0 Å². The summed E-state index contributed by atoms with van der Waals surface area (Å²) in [6, 6.07) is 42.1. The average molecular weight is 863 g/mol. The minimum atomic E-state index is -0.279. The van der Waals surface area contributed by atoms with Gasteiger partial charge in [0.1, 0.15) is 11.5 Å². The van der Waals surface area contributed by atoms with Gasteiger partial charge < -0.3 is 10.2 Å². The van der Waals surface area contributed by atoms with Gasteiger partial charge in [0, 0.05) is 64.3 Å². The van der Waals surface area contributed by atoms with Crippen LogP contribution >= 0.6 is 0 Å². The van der Waals surface area contributed by atoms with E-state index in [1.54, 1.807) is 0 Å². The number of aliphatic imine (C=N–C) groups is 2. The van der Waals surface area contributed by atoms with Crippen molar-refractivity contribution in [3.05, 3.63) is 155 Å². The van der Waals surface area contributed by atoms with Crippen molar-refractivity contribution in [2.45, 2.75) is 119 Å². The first-order valence-corrected chi connectivity index (χ1v) is 21.2.